The van der Waals surface area contributed by atoms with Crippen molar-refractivity contribution >= 4 is 12.0 Å². The third-order valence-corrected chi connectivity index (χ3v) is 2.62. The zero-order chi connectivity index (χ0) is 14.9. The molecule has 0 radical (unpaired) electrons. The highest BCUT2D eigenvalue weighted by Gasteiger charge is 1.98. The van der Waals surface area contributed by atoms with Crippen LogP contribution in [-0.4, -0.2) is 19.2 Å². The van der Waals surface area contributed by atoms with Crippen molar-refractivity contribution in [1.29, 1.82) is 0 Å². The van der Waals surface area contributed by atoms with Crippen molar-refractivity contribution in [1.82, 2.24) is 0 Å². The fraction of sp³-hybridized carbons (Fsp3) is 0.118. The maximum absolute atomic E-state index is 12.7. The molecule has 21 heavy (non-hydrogen) atoms. The summed E-state index contributed by atoms with van der Waals surface area (Å²) < 4.78 is 23.1. The number of ether oxygens (including phenoxy) is 2. The predicted molar refractivity (Wildman–Crippen MR) is 78.3 cm³/mol. The molecule has 0 aliphatic rings. The van der Waals surface area contributed by atoms with Crippen LogP contribution < -0.4 is 4.74 Å². The fourth-order valence-electron chi connectivity index (χ4n) is 1.60. The summed E-state index contributed by atoms with van der Waals surface area (Å²) in [6.07, 6.45) is 2.87. The van der Waals surface area contributed by atoms with Crippen LogP contribution in [0.1, 0.15) is 5.56 Å². The molecular weight excluding hydrogens is 271 g/mol. The Morgan fingerprint density at radius 1 is 1.00 bits per heavy atom. The van der Waals surface area contributed by atoms with Gasteiger partial charge in [0.1, 0.15) is 24.8 Å². The summed E-state index contributed by atoms with van der Waals surface area (Å²) in [5.74, 6) is -0.0424. The first-order chi connectivity index (χ1) is 10.2. The molecule has 0 unspecified atom stereocenters. The molecule has 0 spiro atoms. The van der Waals surface area contributed by atoms with E-state index in [-0.39, 0.29) is 12.4 Å². The molecular formula is C17H15FO3. The number of carbonyl (C=O) groups excluding carboxylic acids is 1. The molecule has 0 aliphatic heterocycles. The van der Waals surface area contributed by atoms with Crippen molar-refractivity contribution in [2.75, 3.05) is 13.2 Å². The van der Waals surface area contributed by atoms with E-state index in [0.717, 1.165) is 11.3 Å². The molecule has 0 saturated heterocycles. The molecule has 0 amide bonds. The quantitative estimate of drug-likeness (QED) is 0.463. The van der Waals surface area contributed by atoms with Gasteiger partial charge in [0.15, 0.2) is 0 Å². The summed E-state index contributed by atoms with van der Waals surface area (Å²) in [5.41, 5.74) is 0.730. The summed E-state index contributed by atoms with van der Waals surface area (Å²) in [6, 6.07) is 15.1. The van der Waals surface area contributed by atoms with Gasteiger partial charge in [0.2, 0.25) is 0 Å². The second kappa shape index (κ2) is 7.85. The Morgan fingerprint density at radius 3 is 2.43 bits per heavy atom. The van der Waals surface area contributed by atoms with E-state index in [2.05, 4.69) is 0 Å². The van der Waals surface area contributed by atoms with Crippen LogP contribution >= 0.6 is 0 Å². The van der Waals surface area contributed by atoms with Gasteiger partial charge in [0, 0.05) is 6.08 Å². The molecule has 4 heteroatoms. The van der Waals surface area contributed by atoms with E-state index in [0.29, 0.717) is 6.61 Å². The van der Waals surface area contributed by atoms with Gasteiger partial charge in [-0.15, -0.1) is 0 Å². The molecule has 2 aromatic rings. The van der Waals surface area contributed by atoms with Gasteiger partial charge in [-0.2, -0.15) is 0 Å². The Labute approximate surface area is 122 Å². The van der Waals surface area contributed by atoms with Gasteiger partial charge in [0.05, 0.1) is 0 Å². The molecule has 2 aromatic carbocycles. The molecule has 0 N–H and O–H groups in total. The van der Waals surface area contributed by atoms with Crippen LogP contribution in [0.15, 0.2) is 60.7 Å². The third kappa shape index (κ3) is 5.48. The van der Waals surface area contributed by atoms with Crippen molar-refractivity contribution in [2.24, 2.45) is 0 Å². The van der Waals surface area contributed by atoms with Crippen molar-refractivity contribution in [3.8, 4) is 5.75 Å². The van der Waals surface area contributed by atoms with Crippen molar-refractivity contribution in [2.45, 2.75) is 0 Å². The summed E-state index contributed by atoms with van der Waals surface area (Å²) in [6.45, 7) is 0.460. The molecule has 0 aromatic heterocycles. The lowest BCUT2D eigenvalue weighted by atomic mass is 10.2. The van der Waals surface area contributed by atoms with Crippen LogP contribution in [0.3, 0.4) is 0 Å². The number of rotatable bonds is 6. The van der Waals surface area contributed by atoms with Crippen LogP contribution in [0.2, 0.25) is 0 Å². The molecule has 0 atom stereocenters. The molecule has 0 saturated carbocycles. The lowest BCUT2D eigenvalue weighted by molar-refractivity contribution is -0.138. The molecule has 3 nitrogen and oxygen atoms in total. The normalized spacial score (nSPS) is 10.5. The Bertz CT molecular complexity index is 591. The highest BCUT2D eigenvalue weighted by atomic mass is 19.1. The first-order valence-corrected chi connectivity index (χ1v) is 6.52. The molecule has 0 heterocycles. The number of benzene rings is 2. The average Bonchev–Trinajstić information content (AvgIpc) is 2.52. The lowest BCUT2D eigenvalue weighted by Gasteiger charge is -2.05. The summed E-state index contributed by atoms with van der Waals surface area (Å²) >= 11 is 0. The minimum Gasteiger partial charge on any atom is -0.490 e. The fourth-order valence-corrected chi connectivity index (χ4v) is 1.60. The smallest absolute Gasteiger partial charge is 0.330 e. The lowest BCUT2D eigenvalue weighted by Crippen LogP contribution is -2.10. The summed E-state index contributed by atoms with van der Waals surface area (Å²) in [5, 5.41) is 0. The minimum absolute atomic E-state index is 0.168. The van der Waals surface area contributed by atoms with Crippen molar-refractivity contribution in [3.63, 3.8) is 0 Å². The van der Waals surface area contributed by atoms with E-state index in [1.165, 1.54) is 18.2 Å². The molecule has 0 bridgehead atoms. The third-order valence-electron chi connectivity index (χ3n) is 2.62. The van der Waals surface area contributed by atoms with E-state index < -0.39 is 5.97 Å². The van der Waals surface area contributed by atoms with Crippen molar-refractivity contribution < 1.29 is 18.7 Å². The maximum Gasteiger partial charge on any atom is 0.330 e. The first kappa shape index (κ1) is 14.8. The van der Waals surface area contributed by atoms with Crippen LogP contribution in [0.4, 0.5) is 4.39 Å². The number of hydrogen-bond acceptors (Lipinski definition) is 3. The van der Waals surface area contributed by atoms with Crippen LogP contribution in [0, 0.1) is 5.82 Å². The van der Waals surface area contributed by atoms with E-state index >= 15 is 0 Å². The first-order valence-electron chi connectivity index (χ1n) is 6.52. The van der Waals surface area contributed by atoms with Gasteiger partial charge < -0.3 is 9.47 Å². The maximum atomic E-state index is 12.7. The van der Waals surface area contributed by atoms with Gasteiger partial charge in [-0.05, 0) is 35.9 Å². The standard InChI is InChI=1S/C17H15FO3/c18-15-9-6-14(7-10-15)8-11-17(19)21-13-12-20-16-4-2-1-3-5-16/h1-11H,12-13H2/b11-8+. The van der Waals surface area contributed by atoms with Gasteiger partial charge in [-0.3, -0.25) is 0 Å². The van der Waals surface area contributed by atoms with E-state index in [1.54, 1.807) is 18.2 Å². The number of esters is 1. The zero-order valence-electron chi connectivity index (χ0n) is 11.4. The van der Waals surface area contributed by atoms with E-state index in [9.17, 15) is 9.18 Å². The van der Waals surface area contributed by atoms with Crippen LogP contribution in [-0.2, 0) is 9.53 Å². The van der Waals surface area contributed by atoms with E-state index in [4.69, 9.17) is 9.47 Å². The second-order valence-electron chi connectivity index (χ2n) is 4.21. The largest absolute Gasteiger partial charge is 0.490 e. The van der Waals surface area contributed by atoms with Gasteiger partial charge in [-0.1, -0.05) is 30.3 Å². The van der Waals surface area contributed by atoms with Gasteiger partial charge in [0.25, 0.3) is 0 Å². The van der Waals surface area contributed by atoms with E-state index in [1.807, 2.05) is 30.3 Å². The second-order valence-corrected chi connectivity index (χ2v) is 4.21. The Morgan fingerprint density at radius 2 is 1.71 bits per heavy atom. The monoisotopic (exact) mass is 286 g/mol. The molecule has 0 fully saturated rings. The van der Waals surface area contributed by atoms with Gasteiger partial charge >= 0.3 is 5.97 Å². The average molecular weight is 286 g/mol. The Kier molecular flexibility index (Phi) is 5.52. The topological polar surface area (TPSA) is 35.5 Å². The number of carbonyl (C=O) groups is 1. The predicted octanol–water partition coefficient (Wildman–Crippen LogP) is 3.46. The Balaban J connectivity index is 1.69. The molecule has 0 aliphatic carbocycles. The zero-order valence-corrected chi connectivity index (χ0v) is 11.4. The molecule has 108 valence electrons. The number of para-hydroxylation sites is 1. The van der Waals surface area contributed by atoms with Gasteiger partial charge in [-0.25, -0.2) is 9.18 Å². The van der Waals surface area contributed by atoms with Crippen molar-refractivity contribution in [3.05, 3.63) is 72.1 Å². The minimum atomic E-state index is -0.462. The van der Waals surface area contributed by atoms with Crippen LogP contribution in [0.5, 0.6) is 5.75 Å². The number of hydrogen-bond donors (Lipinski definition) is 0. The summed E-state index contributed by atoms with van der Waals surface area (Å²) in [7, 11) is 0. The highest BCUT2D eigenvalue weighted by molar-refractivity contribution is 5.87. The number of halogens is 1. The Hall–Kier alpha value is -2.62. The molecule has 2 rings (SSSR count). The SMILES string of the molecule is O=C(/C=C/c1ccc(F)cc1)OCCOc1ccccc1. The highest BCUT2D eigenvalue weighted by Crippen LogP contribution is 2.08. The van der Waals surface area contributed by atoms with Crippen LogP contribution in [0.25, 0.3) is 6.08 Å². The summed E-state index contributed by atoms with van der Waals surface area (Å²) in [4.78, 5) is 11.5.